The molecule has 1 fully saturated rings. The van der Waals surface area contributed by atoms with Gasteiger partial charge in [0.05, 0.1) is 16.1 Å². The summed E-state index contributed by atoms with van der Waals surface area (Å²) < 4.78 is 17.0. The molecule has 2 N–H and O–H groups in total. The molecule has 1 aliphatic rings. The lowest BCUT2D eigenvalue weighted by atomic mass is 10.0. The average Bonchev–Trinajstić information content (AvgIpc) is 2.88. The molecular formula is C26H41Cl2FN4O5. The molecule has 1 aliphatic heterocycles. The van der Waals surface area contributed by atoms with E-state index in [4.69, 9.17) is 27.9 Å². The Morgan fingerprint density at radius 2 is 1.92 bits per heavy atom. The molecule has 0 saturated carbocycles. The van der Waals surface area contributed by atoms with Crippen molar-refractivity contribution in [2.45, 2.75) is 65.1 Å². The van der Waals surface area contributed by atoms with Crippen molar-refractivity contribution in [1.29, 1.82) is 0 Å². The van der Waals surface area contributed by atoms with E-state index in [1.54, 1.807) is 30.0 Å². The summed E-state index contributed by atoms with van der Waals surface area (Å²) >= 11 is 11.8. The number of alkyl halides is 1. The number of nitrogens with zero attached hydrogens (tertiary/aromatic N) is 2. The lowest BCUT2D eigenvalue weighted by Crippen LogP contribution is -2.42. The molecule has 1 unspecified atom stereocenters. The van der Waals surface area contributed by atoms with Gasteiger partial charge in [0.1, 0.15) is 13.3 Å². The Hall–Kier alpha value is -2.43. The molecule has 1 aromatic carbocycles. The van der Waals surface area contributed by atoms with Gasteiger partial charge in [0, 0.05) is 32.6 Å². The highest BCUT2D eigenvalue weighted by Crippen LogP contribution is 2.23. The van der Waals surface area contributed by atoms with Crippen molar-refractivity contribution >= 4 is 47.4 Å². The number of ether oxygens (including phenoxy) is 1. The second-order valence-corrected chi connectivity index (χ2v) is 9.79. The van der Waals surface area contributed by atoms with Gasteiger partial charge in [-0.3, -0.25) is 14.4 Å². The Labute approximate surface area is 235 Å². The number of hydrogen-bond donors (Lipinski definition) is 2. The van der Waals surface area contributed by atoms with Crippen LogP contribution < -0.4 is 10.6 Å². The summed E-state index contributed by atoms with van der Waals surface area (Å²) in [4.78, 5) is 46.4. The first-order valence-corrected chi connectivity index (χ1v) is 13.3. The van der Waals surface area contributed by atoms with Gasteiger partial charge in [0.15, 0.2) is 5.78 Å². The number of ketones is 1. The van der Waals surface area contributed by atoms with Crippen molar-refractivity contribution in [3.63, 3.8) is 0 Å². The number of benzene rings is 1. The van der Waals surface area contributed by atoms with Gasteiger partial charge < -0.3 is 25.2 Å². The van der Waals surface area contributed by atoms with Crippen LogP contribution in [0.3, 0.4) is 0 Å². The Kier molecular flexibility index (Phi) is 19.2. The van der Waals surface area contributed by atoms with E-state index >= 15 is 0 Å². The zero-order valence-corrected chi connectivity index (χ0v) is 24.4. The van der Waals surface area contributed by atoms with Crippen molar-refractivity contribution in [2.75, 3.05) is 40.4 Å². The minimum atomic E-state index is -1.01. The van der Waals surface area contributed by atoms with Crippen LogP contribution in [0.2, 0.25) is 10.0 Å². The molecule has 12 heteroatoms. The van der Waals surface area contributed by atoms with Crippen molar-refractivity contribution < 1.29 is 28.3 Å². The molecule has 0 spiro atoms. The second kappa shape index (κ2) is 20.5. The summed E-state index contributed by atoms with van der Waals surface area (Å²) in [6.45, 7) is 6.91. The number of amides is 3. The maximum absolute atomic E-state index is 12.0. The summed E-state index contributed by atoms with van der Waals surface area (Å²) in [5, 5.41) is 5.88. The third kappa shape index (κ3) is 15.7. The molecular weight excluding hydrogens is 538 g/mol. The molecule has 0 aromatic heterocycles. The van der Waals surface area contributed by atoms with Crippen LogP contribution in [0.5, 0.6) is 0 Å². The normalized spacial score (nSPS) is 15.2. The van der Waals surface area contributed by atoms with E-state index in [2.05, 4.69) is 17.6 Å². The largest absolute Gasteiger partial charge is 0.445 e. The van der Waals surface area contributed by atoms with Gasteiger partial charge in [-0.15, -0.1) is 0 Å². The number of Topliss-reactive ketones (excluding diaryl/α,β-unsaturated/α-hetero) is 1. The molecule has 2 atom stereocenters. The monoisotopic (exact) mass is 578 g/mol. The Balaban J connectivity index is 0.000000610. The number of nitrogens with one attached hydrogen (secondary N) is 2. The zero-order valence-electron chi connectivity index (χ0n) is 22.9. The van der Waals surface area contributed by atoms with Crippen LogP contribution in [0, 0.1) is 0 Å². The number of likely N-dealkylation sites (tertiary alicyclic amines) is 1. The predicted molar refractivity (Wildman–Crippen MR) is 148 cm³/mol. The summed E-state index contributed by atoms with van der Waals surface area (Å²) in [7, 11) is 3.95. The molecule has 3 amide bonds. The van der Waals surface area contributed by atoms with Gasteiger partial charge in [-0.25, -0.2) is 9.18 Å². The van der Waals surface area contributed by atoms with Crippen LogP contribution in [-0.4, -0.2) is 86.5 Å². The topological polar surface area (TPSA) is 108 Å². The fourth-order valence-corrected chi connectivity index (χ4v) is 3.62. The van der Waals surface area contributed by atoms with Crippen molar-refractivity contribution in [3.05, 3.63) is 33.8 Å². The first kappa shape index (κ1) is 35.6. The molecule has 0 bridgehead atoms. The van der Waals surface area contributed by atoms with Crippen LogP contribution >= 0.6 is 23.2 Å². The first-order chi connectivity index (χ1) is 18.0. The molecule has 1 aromatic rings. The lowest BCUT2D eigenvalue weighted by molar-refractivity contribution is -0.124. The maximum Gasteiger partial charge on any atom is 0.410 e. The Bertz CT molecular complexity index is 876. The molecule has 0 aliphatic carbocycles. The number of piperidine rings is 1. The number of rotatable bonds is 10. The molecule has 0 radical (unpaired) electrons. The van der Waals surface area contributed by atoms with Gasteiger partial charge in [-0.05, 0) is 64.4 Å². The highest BCUT2D eigenvalue weighted by atomic mass is 35.5. The third-order valence-electron chi connectivity index (χ3n) is 5.51. The van der Waals surface area contributed by atoms with Crippen LogP contribution in [0.15, 0.2) is 18.2 Å². The van der Waals surface area contributed by atoms with Crippen molar-refractivity contribution in [1.82, 2.24) is 20.4 Å². The Morgan fingerprint density at radius 3 is 2.42 bits per heavy atom. The summed E-state index contributed by atoms with van der Waals surface area (Å²) in [5.41, 5.74) is 0.840. The first-order valence-electron chi connectivity index (χ1n) is 12.5. The molecule has 9 nitrogen and oxygen atoms in total. The summed E-state index contributed by atoms with van der Waals surface area (Å²) in [5.74, 6) is -0.536. The molecule has 1 saturated heterocycles. The second-order valence-electron chi connectivity index (χ2n) is 8.97. The summed E-state index contributed by atoms with van der Waals surface area (Å²) in [6, 6.07) is 4.84. The smallest absolute Gasteiger partial charge is 0.410 e. The molecule has 38 heavy (non-hydrogen) atoms. The number of carbonyl (C=O) groups excluding carboxylic acids is 4. The molecule has 1 heterocycles. The minimum Gasteiger partial charge on any atom is -0.445 e. The van der Waals surface area contributed by atoms with Crippen molar-refractivity contribution in [3.8, 4) is 0 Å². The fourth-order valence-electron chi connectivity index (χ4n) is 3.30. The van der Waals surface area contributed by atoms with Crippen LogP contribution in [0.1, 0.15) is 52.0 Å². The van der Waals surface area contributed by atoms with Crippen LogP contribution in [0.25, 0.3) is 0 Å². The summed E-state index contributed by atoms with van der Waals surface area (Å²) in [6.07, 6.45) is 3.85. The number of hydrogen-bond acceptors (Lipinski definition) is 6. The van der Waals surface area contributed by atoms with Gasteiger partial charge in [-0.1, -0.05) is 36.2 Å². The molecule has 2 rings (SSSR count). The quantitative estimate of drug-likeness (QED) is 0.402. The van der Waals surface area contributed by atoms with E-state index in [9.17, 15) is 23.6 Å². The predicted octanol–water partition coefficient (Wildman–Crippen LogP) is 4.24. The molecule has 216 valence electrons. The SMILES string of the molecule is CC(=O)NCCN(C)C.CCC(NC=O)C(=O)CF.C[C@@H]1CCCCN1C(=O)OCc1ccc(Cl)c(Cl)c1. The van der Waals surface area contributed by atoms with Crippen LogP contribution in [-0.2, 0) is 25.7 Å². The highest BCUT2D eigenvalue weighted by molar-refractivity contribution is 6.42. The van der Waals surface area contributed by atoms with E-state index in [0.717, 1.165) is 38.0 Å². The Morgan fingerprint density at radius 1 is 1.24 bits per heavy atom. The van der Waals surface area contributed by atoms with E-state index < -0.39 is 18.5 Å². The number of halogens is 3. The van der Waals surface area contributed by atoms with Gasteiger partial charge >= 0.3 is 6.09 Å². The van der Waals surface area contributed by atoms with Crippen molar-refractivity contribution in [2.24, 2.45) is 0 Å². The van der Waals surface area contributed by atoms with Gasteiger partial charge in [-0.2, -0.15) is 0 Å². The standard InChI is InChI=1S/C14H17Cl2NO2.C6H10FNO2.C6H14N2O/c1-10-4-2-3-7-17(10)14(18)19-9-11-5-6-12(15)13(16)8-11;1-2-5(8-4-9)6(10)3-7;1-6(9)7-4-5-8(2)3/h5-6,8,10H,2-4,7,9H2,1H3;4-5H,2-3H2,1H3,(H,8,9);4-5H2,1-3H3,(H,7,9)/t10-;;/m1../s1. The third-order valence-corrected chi connectivity index (χ3v) is 6.25. The average molecular weight is 580 g/mol. The number of likely N-dealkylation sites (N-methyl/N-ethyl adjacent to an activating group) is 1. The van der Waals surface area contributed by atoms with Gasteiger partial charge in [0.2, 0.25) is 12.3 Å². The van der Waals surface area contributed by atoms with E-state index in [0.29, 0.717) is 22.9 Å². The fraction of sp³-hybridized carbons (Fsp3) is 0.615. The van der Waals surface area contributed by atoms with E-state index in [1.165, 1.54) is 13.3 Å². The minimum absolute atomic E-state index is 0.0388. The van der Waals surface area contributed by atoms with Gasteiger partial charge in [0.25, 0.3) is 0 Å². The maximum atomic E-state index is 12.0. The van der Waals surface area contributed by atoms with Crippen LogP contribution in [0.4, 0.5) is 9.18 Å². The lowest BCUT2D eigenvalue weighted by Gasteiger charge is -2.32. The zero-order chi connectivity index (χ0) is 29.1. The highest BCUT2D eigenvalue weighted by Gasteiger charge is 2.24. The number of carbonyl (C=O) groups is 4. The van der Waals surface area contributed by atoms with E-state index in [1.807, 2.05) is 19.0 Å². The van der Waals surface area contributed by atoms with E-state index in [-0.39, 0.29) is 24.6 Å².